The molecule has 0 saturated carbocycles. The predicted octanol–water partition coefficient (Wildman–Crippen LogP) is 2.70. The van der Waals surface area contributed by atoms with Crippen molar-refractivity contribution >= 4 is 16.7 Å². The van der Waals surface area contributed by atoms with Gasteiger partial charge in [0.05, 0.1) is 0 Å². The number of benzene rings is 2. The molecule has 0 unspecified atom stereocenters. The Morgan fingerprint density at radius 1 is 1.16 bits per heavy atom. The van der Waals surface area contributed by atoms with Gasteiger partial charge in [-0.25, -0.2) is 0 Å². The van der Waals surface area contributed by atoms with E-state index >= 15 is 0 Å². The Bertz CT molecular complexity index is 561. The summed E-state index contributed by atoms with van der Waals surface area (Å²) >= 11 is 0. The lowest BCUT2D eigenvalue weighted by atomic mass is 10.1. The molecular formula is C16H21N3. The van der Waals surface area contributed by atoms with Crippen LogP contribution in [0.25, 0.3) is 10.8 Å². The van der Waals surface area contributed by atoms with E-state index in [2.05, 4.69) is 59.7 Å². The number of guanidine groups is 1. The van der Waals surface area contributed by atoms with E-state index in [0.717, 1.165) is 25.9 Å². The van der Waals surface area contributed by atoms with Gasteiger partial charge in [-0.2, -0.15) is 0 Å². The van der Waals surface area contributed by atoms with E-state index in [1.54, 1.807) is 0 Å². The summed E-state index contributed by atoms with van der Waals surface area (Å²) in [6, 6.07) is 15.0. The van der Waals surface area contributed by atoms with Gasteiger partial charge in [-0.3, -0.25) is 4.99 Å². The maximum Gasteiger partial charge on any atom is 0.188 e. The smallest absolute Gasteiger partial charge is 0.188 e. The molecule has 0 aliphatic carbocycles. The van der Waals surface area contributed by atoms with E-state index < -0.39 is 0 Å². The van der Waals surface area contributed by atoms with Crippen molar-refractivity contribution < 1.29 is 0 Å². The third-order valence-corrected chi connectivity index (χ3v) is 3.04. The molecule has 3 nitrogen and oxygen atoms in total. The third kappa shape index (κ3) is 3.98. The minimum atomic E-state index is 0.544. The molecule has 0 heterocycles. The predicted molar refractivity (Wildman–Crippen MR) is 82.4 cm³/mol. The van der Waals surface area contributed by atoms with E-state index in [1.807, 2.05) is 0 Å². The summed E-state index contributed by atoms with van der Waals surface area (Å²) < 4.78 is 0. The molecule has 0 radical (unpaired) electrons. The Kier molecular flexibility index (Phi) is 4.78. The van der Waals surface area contributed by atoms with Gasteiger partial charge in [0.1, 0.15) is 0 Å². The monoisotopic (exact) mass is 255 g/mol. The number of nitrogens with one attached hydrogen (secondary N) is 1. The fourth-order valence-corrected chi connectivity index (χ4v) is 2.02. The van der Waals surface area contributed by atoms with E-state index in [4.69, 9.17) is 5.73 Å². The van der Waals surface area contributed by atoms with Crippen LogP contribution in [-0.4, -0.2) is 19.0 Å². The summed E-state index contributed by atoms with van der Waals surface area (Å²) in [5.74, 6) is 0.544. The molecule has 100 valence electrons. The quantitative estimate of drug-likeness (QED) is 0.637. The molecule has 0 atom stereocenters. The first kappa shape index (κ1) is 13.4. The zero-order valence-corrected chi connectivity index (χ0v) is 11.4. The van der Waals surface area contributed by atoms with E-state index in [9.17, 15) is 0 Å². The second-order valence-electron chi connectivity index (χ2n) is 4.63. The zero-order valence-electron chi connectivity index (χ0n) is 11.4. The summed E-state index contributed by atoms with van der Waals surface area (Å²) in [4.78, 5) is 4.21. The van der Waals surface area contributed by atoms with Crippen molar-refractivity contribution in [3.05, 3.63) is 48.0 Å². The van der Waals surface area contributed by atoms with Gasteiger partial charge in [-0.05, 0) is 29.2 Å². The molecule has 0 aromatic heterocycles. The Hall–Kier alpha value is -2.03. The standard InChI is InChI=1S/C16H21N3/c1-2-10-18-16(17)19-11-9-13-7-8-14-5-3-4-6-15(14)12-13/h3-8,12H,2,9-11H2,1H3,(H3,17,18,19). The molecule has 2 aromatic carbocycles. The molecule has 0 spiro atoms. The topological polar surface area (TPSA) is 50.4 Å². The summed E-state index contributed by atoms with van der Waals surface area (Å²) in [7, 11) is 0. The van der Waals surface area contributed by atoms with Gasteiger partial charge < -0.3 is 11.1 Å². The van der Waals surface area contributed by atoms with Crippen molar-refractivity contribution in [2.75, 3.05) is 13.1 Å². The largest absolute Gasteiger partial charge is 0.370 e. The van der Waals surface area contributed by atoms with Gasteiger partial charge >= 0.3 is 0 Å². The van der Waals surface area contributed by atoms with Crippen LogP contribution in [0, 0.1) is 0 Å². The fraction of sp³-hybridized carbons (Fsp3) is 0.312. The van der Waals surface area contributed by atoms with Gasteiger partial charge in [0, 0.05) is 13.1 Å². The van der Waals surface area contributed by atoms with Crippen LogP contribution in [0.2, 0.25) is 0 Å². The fourth-order valence-electron chi connectivity index (χ4n) is 2.02. The number of hydrogen-bond acceptors (Lipinski definition) is 1. The minimum Gasteiger partial charge on any atom is -0.370 e. The molecule has 0 amide bonds. The molecule has 0 fully saturated rings. The number of nitrogens with zero attached hydrogens (tertiary/aromatic N) is 1. The highest BCUT2D eigenvalue weighted by Gasteiger charge is 1.97. The molecule has 19 heavy (non-hydrogen) atoms. The molecule has 0 aliphatic heterocycles. The second kappa shape index (κ2) is 6.78. The third-order valence-electron chi connectivity index (χ3n) is 3.04. The van der Waals surface area contributed by atoms with Crippen molar-refractivity contribution in [1.29, 1.82) is 0 Å². The highest BCUT2D eigenvalue weighted by atomic mass is 15.1. The van der Waals surface area contributed by atoms with Crippen molar-refractivity contribution in [1.82, 2.24) is 5.32 Å². The Balaban J connectivity index is 1.91. The Morgan fingerprint density at radius 2 is 1.95 bits per heavy atom. The average Bonchev–Trinajstić information content (AvgIpc) is 2.45. The minimum absolute atomic E-state index is 0.544. The summed E-state index contributed by atoms with van der Waals surface area (Å²) in [6.07, 6.45) is 1.97. The van der Waals surface area contributed by atoms with Crippen LogP contribution >= 0.6 is 0 Å². The number of fused-ring (bicyclic) bond motifs is 1. The molecule has 3 N–H and O–H groups in total. The van der Waals surface area contributed by atoms with E-state index in [-0.39, 0.29) is 0 Å². The summed E-state index contributed by atoms with van der Waals surface area (Å²) in [5.41, 5.74) is 7.07. The Labute approximate surface area is 114 Å². The van der Waals surface area contributed by atoms with Gasteiger partial charge in [0.2, 0.25) is 0 Å². The maximum atomic E-state index is 5.75. The van der Waals surface area contributed by atoms with Gasteiger partial charge in [-0.1, -0.05) is 49.4 Å². The van der Waals surface area contributed by atoms with Gasteiger partial charge in [-0.15, -0.1) is 0 Å². The molecular weight excluding hydrogens is 234 g/mol. The van der Waals surface area contributed by atoms with Crippen LogP contribution in [0.1, 0.15) is 18.9 Å². The second-order valence-corrected chi connectivity index (χ2v) is 4.63. The summed E-state index contributed by atoms with van der Waals surface area (Å²) in [6.45, 7) is 3.69. The van der Waals surface area contributed by atoms with Gasteiger partial charge in [0.25, 0.3) is 0 Å². The number of aliphatic imine (C=N–C) groups is 1. The molecule has 0 bridgehead atoms. The van der Waals surface area contributed by atoms with Crippen LogP contribution in [0.3, 0.4) is 0 Å². The van der Waals surface area contributed by atoms with Crippen LogP contribution < -0.4 is 11.1 Å². The van der Waals surface area contributed by atoms with Gasteiger partial charge in [0.15, 0.2) is 5.96 Å². The number of hydrogen-bond donors (Lipinski definition) is 2. The van der Waals surface area contributed by atoms with Crippen LogP contribution in [0.15, 0.2) is 47.5 Å². The van der Waals surface area contributed by atoms with Crippen LogP contribution in [-0.2, 0) is 6.42 Å². The SMILES string of the molecule is CCCN=C(N)NCCc1ccc2ccccc2c1. The normalized spacial score (nSPS) is 11.7. The summed E-state index contributed by atoms with van der Waals surface area (Å²) in [5, 5.41) is 5.71. The van der Waals surface area contributed by atoms with Crippen molar-refractivity contribution in [2.45, 2.75) is 19.8 Å². The number of rotatable bonds is 5. The lowest BCUT2D eigenvalue weighted by Gasteiger charge is -2.06. The maximum absolute atomic E-state index is 5.75. The molecule has 0 saturated heterocycles. The average molecular weight is 255 g/mol. The van der Waals surface area contributed by atoms with Crippen molar-refractivity contribution in [3.63, 3.8) is 0 Å². The molecule has 2 aromatic rings. The highest BCUT2D eigenvalue weighted by Crippen LogP contribution is 2.15. The Morgan fingerprint density at radius 3 is 2.74 bits per heavy atom. The lowest BCUT2D eigenvalue weighted by Crippen LogP contribution is -2.33. The van der Waals surface area contributed by atoms with Crippen molar-refractivity contribution in [3.8, 4) is 0 Å². The first-order valence-corrected chi connectivity index (χ1v) is 6.81. The zero-order chi connectivity index (χ0) is 13.5. The van der Waals surface area contributed by atoms with Crippen molar-refractivity contribution in [2.24, 2.45) is 10.7 Å². The van der Waals surface area contributed by atoms with E-state index in [1.165, 1.54) is 16.3 Å². The van der Waals surface area contributed by atoms with Crippen LogP contribution in [0.4, 0.5) is 0 Å². The van der Waals surface area contributed by atoms with Crippen LogP contribution in [0.5, 0.6) is 0 Å². The highest BCUT2D eigenvalue weighted by molar-refractivity contribution is 5.83. The lowest BCUT2D eigenvalue weighted by molar-refractivity contribution is 0.840. The first-order valence-electron chi connectivity index (χ1n) is 6.81. The number of nitrogens with two attached hydrogens (primary N) is 1. The molecule has 3 heteroatoms. The molecule has 0 aliphatic rings. The first-order chi connectivity index (χ1) is 9.29. The molecule has 2 rings (SSSR count). The van der Waals surface area contributed by atoms with E-state index in [0.29, 0.717) is 5.96 Å².